The van der Waals surface area contributed by atoms with Gasteiger partial charge in [0.2, 0.25) is 0 Å². The summed E-state index contributed by atoms with van der Waals surface area (Å²) < 4.78 is 44.8. The summed E-state index contributed by atoms with van der Waals surface area (Å²) in [5.74, 6) is 0.939. The average molecular weight is 254 g/mol. The van der Waals surface area contributed by atoms with E-state index in [1.807, 2.05) is 5.32 Å². The van der Waals surface area contributed by atoms with E-state index in [1.54, 1.807) is 0 Å². The Morgan fingerprint density at radius 3 is 1.47 bits per heavy atom. The Bertz CT molecular complexity index is 397. The highest BCUT2D eigenvalue weighted by Crippen LogP contribution is 2.11. The van der Waals surface area contributed by atoms with Crippen molar-refractivity contribution in [3.63, 3.8) is 0 Å². The van der Waals surface area contributed by atoms with E-state index < -0.39 is 19.7 Å². The topological polar surface area (TPSA) is 84.9 Å². The number of hydrogen-bond donors (Lipinski definition) is 1. The highest BCUT2D eigenvalue weighted by molar-refractivity contribution is 7.91. The van der Waals surface area contributed by atoms with Gasteiger partial charge in [0.25, 0.3) is 0 Å². The Hall–Kier alpha value is -0.140. The Kier molecular flexibility index (Phi) is 2.81. The minimum Gasteiger partial charge on any atom is -0.340 e. The first-order chi connectivity index (χ1) is 6.86. The number of sulfone groups is 2. The highest BCUT2D eigenvalue weighted by atomic mass is 32.2. The third kappa shape index (κ3) is 2.92. The molecule has 2 aliphatic heterocycles. The van der Waals surface area contributed by atoms with Gasteiger partial charge in [-0.3, -0.25) is 0 Å². The second-order valence-corrected chi connectivity index (χ2v) is 8.98. The molecule has 15 heavy (non-hydrogen) atoms. The molecular weight excluding hydrogens is 238 g/mol. The van der Waals surface area contributed by atoms with E-state index in [0.717, 1.165) is 0 Å². The molecule has 0 aliphatic carbocycles. The van der Waals surface area contributed by atoms with Crippen molar-refractivity contribution in [3.8, 4) is 0 Å². The van der Waals surface area contributed by atoms with Gasteiger partial charge in [-0.15, -0.1) is 0 Å². The fourth-order valence-electron chi connectivity index (χ4n) is 2.34. The van der Waals surface area contributed by atoms with Crippen molar-refractivity contribution in [2.45, 2.75) is 24.9 Å². The average Bonchev–Trinajstić information content (AvgIpc) is 2.56. The molecule has 2 fully saturated rings. The summed E-state index contributed by atoms with van der Waals surface area (Å²) in [6.07, 6.45) is 1.33. The van der Waals surface area contributed by atoms with Crippen molar-refractivity contribution in [2.75, 3.05) is 23.0 Å². The van der Waals surface area contributed by atoms with Gasteiger partial charge in [0.05, 0.1) is 11.5 Å². The van der Waals surface area contributed by atoms with E-state index in [0.29, 0.717) is 12.8 Å². The summed E-state index contributed by atoms with van der Waals surface area (Å²) in [6.45, 7) is 0. The first kappa shape index (κ1) is 11.3. The van der Waals surface area contributed by atoms with Gasteiger partial charge in [-0.1, -0.05) is 0 Å². The van der Waals surface area contributed by atoms with Crippen molar-refractivity contribution in [1.82, 2.24) is 0 Å². The number of rotatable bonds is 2. The van der Waals surface area contributed by atoms with Crippen LogP contribution < -0.4 is 5.32 Å². The lowest BCUT2D eigenvalue weighted by Gasteiger charge is -2.12. The van der Waals surface area contributed by atoms with Crippen molar-refractivity contribution >= 4 is 19.7 Å². The van der Waals surface area contributed by atoms with Crippen LogP contribution in [0.15, 0.2) is 0 Å². The molecular formula is C8H16NO4S2+. The Morgan fingerprint density at radius 2 is 1.20 bits per heavy atom. The number of nitrogens with two attached hydrogens (primary N) is 1. The van der Waals surface area contributed by atoms with Crippen LogP contribution in [0.5, 0.6) is 0 Å². The van der Waals surface area contributed by atoms with Crippen LogP contribution in [-0.2, 0) is 19.7 Å². The number of quaternary nitrogens is 1. The maximum atomic E-state index is 11.2. The van der Waals surface area contributed by atoms with Gasteiger partial charge in [-0.05, 0) is 0 Å². The van der Waals surface area contributed by atoms with Gasteiger partial charge in [0.1, 0.15) is 23.6 Å². The molecule has 5 nitrogen and oxygen atoms in total. The summed E-state index contributed by atoms with van der Waals surface area (Å²) in [5.41, 5.74) is 0. The predicted molar refractivity (Wildman–Crippen MR) is 56.0 cm³/mol. The minimum absolute atomic E-state index is 0.0771. The molecule has 7 heteroatoms. The van der Waals surface area contributed by atoms with E-state index in [1.165, 1.54) is 0 Å². The van der Waals surface area contributed by atoms with Crippen LogP contribution >= 0.6 is 0 Å². The fraction of sp³-hybridized carbons (Fsp3) is 1.00. The second-order valence-electron chi connectivity index (χ2n) is 4.52. The van der Waals surface area contributed by atoms with Crippen LogP contribution in [0.4, 0.5) is 0 Å². The van der Waals surface area contributed by atoms with Crippen LogP contribution in [0.1, 0.15) is 12.8 Å². The van der Waals surface area contributed by atoms with E-state index in [2.05, 4.69) is 0 Å². The van der Waals surface area contributed by atoms with Crippen LogP contribution in [-0.4, -0.2) is 51.9 Å². The molecule has 0 amide bonds. The molecule has 2 heterocycles. The van der Waals surface area contributed by atoms with Gasteiger partial charge >= 0.3 is 0 Å². The molecule has 0 aromatic carbocycles. The molecule has 0 saturated carbocycles. The minimum atomic E-state index is -2.85. The van der Waals surface area contributed by atoms with E-state index in [9.17, 15) is 16.8 Å². The normalized spacial score (nSPS) is 38.1. The second kappa shape index (κ2) is 3.71. The van der Waals surface area contributed by atoms with Crippen LogP contribution in [0.2, 0.25) is 0 Å². The zero-order valence-corrected chi connectivity index (χ0v) is 10.1. The monoisotopic (exact) mass is 254 g/mol. The third-order valence-electron chi connectivity index (χ3n) is 3.08. The maximum Gasteiger partial charge on any atom is 0.156 e. The first-order valence-corrected chi connectivity index (χ1v) is 8.76. The molecule has 2 atom stereocenters. The first-order valence-electron chi connectivity index (χ1n) is 5.12. The van der Waals surface area contributed by atoms with Crippen molar-refractivity contribution in [3.05, 3.63) is 0 Å². The van der Waals surface area contributed by atoms with Crippen LogP contribution in [0.25, 0.3) is 0 Å². The third-order valence-corrected chi connectivity index (χ3v) is 6.67. The predicted octanol–water partition coefficient (Wildman–Crippen LogP) is -2.08. The van der Waals surface area contributed by atoms with Crippen molar-refractivity contribution in [2.24, 2.45) is 0 Å². The summed E-state index contributed by atoms with van der Waals surface area (Å²) in [7, 11) is -5.69. The lowest BCUT2D eigenvalue weighted by atomic mass is 10.2. The largest absolute Gasteiger partial charge is 0.340 e. The van der Waals surface area contributed by atoms with Crippen molar-refractivity contribution < 1.29 is 22.2 Å². The molecule has 0 unspecified atom stereocenters. The fourth-order valence-corrected chi connectivity index (χ4v) is 5.85. The zero-order chi connectivity index (χ0) is 11.1. The highest BCUT2D eigenvalue weighted by Gasteiger charge is 2.36. The summed E-state index contributed by atoms with van der Waals surface area (Å²) >= 11 is 0. The van der Waals surface area contributed by atoms with E-state index >= 15 is 0 Å². The van der Waals surface area contributed by atoms with Crippen LogP contribution in [0.3, 0.4) is 0 Å². The maximum absolute atomic E-state index is 11.2. The lowest BCUT2D eigenvalue weighted by molar-refractivity contribution is -0.712. The van der Waals surface area contributed by atoms with Crippen LogP contribution in [0, 0.1) is 0 Å². The molecule has 0 spiro atoms. The summed E-state index contributed by atoms with van der Waals surface area (Å²) in [5, 5.41) is 1.95. The smallest absolute Gasteiger partial charge is 0.156 e. The van der Waals surface area contributed by atoms with Gasteiger partial charge < -0.3 is 5.32 Å². The molecule has 0 aromatic rings. The molecule has 0 bridgehead atoms. The molecule has 2 aliphatic rings. The molecule has 2 rings (SSSR count). The molecule has 0 aromatic heterocycles. The van der Waals surface area contributed by atoms with E-state index in [4.69, 9.17) is 0 Å². The van der Waals surface area contributed by atoms with Crippen molar-refractivity contribution in [1.29, 1.82) is 0 Å². The lowest BCUT2D eigenvalue weighted by Crippen LogP contribution is -2.95. The molecule has 0 radical (unpaired) electrons. The Morgan fingerprint density at radius 1 is 0.800 bits per heavy atom. The van der Waals surface area contributed by atoms with Gasteiger partial charge in [-0.25, -0.2) is 16.8 Å². The quantitative estimate of drug-likeness (QED) is 0.613. The Balaban J connectivity index is 1.90. The SMILES string of the molecule is O=S1(=O)CC[C@@H]([NH2+][C@H]2CCS(=O)(=O)C2)C1. The molecule has 2 saturated heterocycles. The van der Waals surface area contributed by atoms with Gasteiger partial charge in [0, 0.05) is 12.8 Å². The zero-order valence-electron chi connectivity index (χ0n) is 8.42. The molecule has 2 N–H and O–H groups in total. The number of hydrogen-bond acceptors (Lipinski definition) is 4. The summed E-state index contributed by atoms with van der Waals surface area (Å²) in [6, 6.07) is 0.154. The molecule has 88 valence electrons. The van der Waals surface area contributed by atoms with E-state index in [-0.39, 0.29) is 35.1 Å². The summed E-state index contributed by atoms with van der Waals surface area (Å²) in [4.78, 5) is 0. The van der Waals surface area contributed by atoms with Gasteiger partial charge in [0.15, 0.2) is 19.7 Å². The standard InChI is InChI=1S/C8H15NO4S2/c10-14(11)3-1-7(5-14)9-8-2-4-15(12,13)6-8/h7-9H,1-6H2/p+1/t7-,8+. The van der Waals surface area contributed by atoms with Gasteiger partial charge in [-0.2, -0.15) is 0 Å². The Labute approximate surface area is 90.1 Å².